The van der Waals surface area contributed by atoms with Crippen LogP contribution in [0.5, 0.6) is 0 Å². The second kappa shape index (κ2) is 4.28. The van der Waals surface area contributed by atoms with Crippen LogP contribution in [0.15, 0.2) is 30.3 Å². The molecule has 3 rings (SSSR count). The van der Waals surface area contributed by atoms with Crippen LogP contribution in [0, 0.1) is 11.8 Å². The summed E-state index contributed by atoms with van der Waals surface area (Å²) in [5.41, 5.74) is 0.599. The Kier molecular flexibility index (Phi) is 2.74. The quantitative estimate of drug-likeness (QED) is 0.643. The fourth-order valence-electron chi connectivity index (χ4n) is 3.72. The van der Waals surface area contributed by atoms with Crippen molar-refractivity contribution >= 4 is 6.16 Å². The third kappa shape index (κ3) is 1.68. The van der Waals surface area contributed by atoms with Crippen molar-refractivity contribution in [2.24, 2.45) is 11.8 Å². The van der Waals surface area contributed by atoms with Crippen LogP contribution in [0.2, 0.25) is 0 Å². The molecule has 2 aliphatic rings. The molecule has 0 radical (unpaired) electrons. The van der Waals surface area contributed by atoms with Crippen molar-refractivity contribution in [2.75, 3.05) is 0 Å². The SMILES string of the molecule is [NH3+]OC(=O)OC1(c2ccccc2)CC2CCC1C2. The number of benzene rings is 1. The molecule has 3 unspecified atom stereocenters. The number of carbonyl (C=O) groups excluding carboxylic acids is 1. The van der Waals surface area contributed by atoms with Crippen LogP contribution in [0.1, 0.15) is 31.2 Å². The Morgan fingerprint density at radius 1 is 1.28 bits per heavy atom. The molecule has 0 amide bonds. The average molecular weight is 248 g/mol. The Balaban J connectivity index is 1.97. The summed E-state index contributed by atoms with van der Waals surface area (Å²) in [4.78, 5) is 16.0. The zero-order valence-electron chi connectivity index (χ0n) is 10.3. The molecule has 1 aromatic carbocycles. The van der Waals surface area contributed by atoms with Gasteiger partial charge in [0.1, 0.15) is 5.60 Å². The van der Waals surface area contributed by atoms with Gasteiger partial charge in [-0.05, 0) is 37.2 Å². The maximum Gasteiger partial charge on any atom is 0.560 e. The molecule has 3 N–H and O–H groups in total. The van der Waals surface area contributed by atoms with Gasteiger partial charge >= 0.3 is 6.16 Å². The van der Waals surface area contributed by atoms with Gasteiger partial charge in [-0.2, -0.15) is 10.7 Å². The zero-order chi connectivity index (χ0) is 12.6. The lowest BCUT2D eigenvalue weighted by atomic mass is 9.78. The summed E-state index contributed by atoms with van der Waals surface area (Å²) in [5, 5.41) is 0. The zero-order valence-corrected chi connectivity index (χ0v) is 10.3. The Labute approximate surface area is 106 Å². The van der Waals surface area contributed by atoms with Gasteiger partial charge in [0.05, 0.1) is 0 Å². The smallest absolute Gasteiger partial charge is 0.419 e. The lowest BCUT2D eigenvalue weighted by Gasteiger charge is -2.36. The Morgan fingerprint density at radius 2 is 2.06 bits per heavy atom. The molecular weight excluding hydrogens is 230 g/mol. The molecule has 2 saturated carbocycles. The van der Waals surface area contributed by atoms with E-state index in [9.17, 15) is 4.79 Å². The minimum absolute atomic E-state index is 0.420. The third-order valence-electron chi connectivity index (χ3n) is 4.44. The predicted molar refractivity (Wildman–Crippen MR) is 64.0 cm³/mol. The summed E-state index contributed by atoms with van der Waals surface area (Å²) >= 11 is 0. The molecule has 4 nitrogen and oxygen atoms in total. The molecule has 96 valence electrons. The highest BCUT2D eigenvalue weighted by Crippen LogP contribution is 2.57. The number of hydrogen-bond donors (Lipinski definition) is 1. The molecule has 2 fully saturated rings. The van der Waals surface area contributed by atoms with Crippen LogP contribution < -0.4 is 5.90 Å². The maximum atomic E-state index is 11.5. The van der Waals surface area contributed by atoms with E-state index >= 15 is 0 Å². The Morgan fingerprint density at radius 3 is 2.61 bits per heavy atom. The first-order valence-corrected chi connectivity index (χ1v) is 6.45. The summed E-state index contributed by atoms with van der Waals surface area (Å²) in [6.45, 7) is 0. The third-order valence-corrected chi connectivity index (χ3v) is 4.44. The molecule has 0 heterocycles. The minimum atomic E-state index is -0.675. The van der Waals surface area contributed by atoms with Gasteiger partial charge in [-0.3, -0.25) is 0 Å². The molecule has 3 atom stereocenters. The van der Waals surface area contributed by atoms with Crippen LogP contribution in [-0.2, 0) is 15.2 Å². The number of rotatable bonds is 2. The van der Waals surface area contributed by atoms with Crippen LogP contribution in [0.25, 0.3) is 0 Å². The predicted octanol–water partition coefficient (Wildman–Crippen LogP) is 2.01. The molecule has 1 aromatic rings. The number of quaternary nitrogens is 1. The minimum Gasteiger partial charge on any atom is -0.419 e. The van der Waals surface area contributed by atoms with Crippen molar-refractivity contribution in [3.63, 3.8) is 0 Å². The van der Waals surface area contributed by atoms with Crippen LogP contribution in [-0.4, -0.2) is 6.16 Å². The van der Waals surface area contributed by atoms with E-state index in [1.54, 1.807) is 0 Å². The first-order valence-electron chi connectivity index (χ1n) is 6.45. The summed E-state index contributed by atoms with van der Waals surface area (Å²) in [7, 11) is 0. The lowest BCUT2D eigenvalue weighted by molar-refractivity contribution is -0.659. The summed E-state index contributed by atoms with van der Waals surface area (Å²) < 4.78 is 5.64. The van der Waals surface area contributed by atoms with E-state index in [0.717, 1.165) is 24.8 Å². The average Bonchev–Trinajstić information content (AvgIpc) is 3.00. The maximum absolute atomic E-state index is 11.5. The molecule has 2 bridgehead atoms. The van der Waals surface area contributed by atoms with Gasteiger partial charge in [-0.15, -0.1) is 0 Å². The molecule has 0 aromatic heterocycles. The van der Waals surface area contributed by atoms with Gasteiger partial charge in [0, 0.05) is 5.92 Å². The molecule has 2 aliphatic carbocycles. The van der Waals surface area contributed by atoms with Crippen molar-refractivity contribution in [3.8, 4) is 0 Å². The van der Waals surface area contributed by atoms with Crippen molar-refractivity contribution < 1.29 is 20.3 Å². The van der Waals surface area contributed by atoms with Gasteiger partial charge in [-0.25, -0.2) is 4.84 Å². The van der Waals surface area contributed by atoms with Gasteiger partial charge in [0.15, 0.2) is 0 Å². The van der Waals surface area contributed by atoms with E-state index in [1.807, 2.05) is 30.3 Å². The first kappa shape index (κ1) is 11.5. The van der Waals surface area contributed by atoms with E-state index in [-0.39, 0.29) is 0 Å². The van der Waals surface area contributed by atoms with E-state index in [2.05, 4.69) is 10.7 Å². The Bertz CT molecular complexity index is 448. The van der Waals surface area contributed by atoms with E-state index < -0.39 is 11.8 Å². The summed E-state index contributed by atoms with van der Waals surface area (Å²) in [5.74, 6) is 4.23. The van der Waals surface area contributed by atoms with Crippen LogP contribution in [0.4, 0.5) is 4.79 Å². The number of fused-ring (bicyclic) bond motifs is 2. The number of carbonyl (C=O) groups is 1. The van der Waals surface area contributed by atoms with Crippen molar-refractivity contribution in [1.82, 2.24) is 0 Å². The monoisotopic (exact) mass is 248 g/mol. The molecule has 4 heteroatoms. The van der Waals surface area contributed by atoms with Crippen LogP contribution >= 0.6 is 0 Å². The Hall–Kier alpha value is -1.55. The molecular formula is C14H18NO3+. The normalized spacial score (nSPS) is 33.4. The van der Waals surface area contributed by atoms with E-state index in [4.69, 9.17) is 4.74 Å². The van der Waals surface area contributed by atoms with Gasteiger partial charge in [0.2, 0.25) is 0 Å². The van der Waals surface area contributed by atoms with Crippen molar-refractivity contribution in [1.29, 1.82) is 0 Å². The second-order valence-electron chi connectivity index (χ2n) is 5.33. The van der Waals surface area contributed by atoms with Crippen LogP contribution in [0.3, 0.4) is 0 Å². The van der Waals surface area contributed by atoms with Crippen molar-refractivity contribution in [3.05, 3.63) is 35.9 Å². The fourth-order valence-corrected chi connectivity index (χ4v) is 3.72. The molecule has 0 aliphatic heterocycles. The van der Waals surface area contributed by atoms with E-state index in [0.29, 0.717) is 11.8 Å². The molecule has 18 heavy (non-hydrogen) atoms. The second-order valence-corrected chi connectivity index (χ2v) is 5.33. The topological polar surface area (TPSA) is 63.2 Å². The van der Waals surface area contributed by atoms with E-state index in [1.165, 1.54) is 6.42 Å². The largest absolute Gasteiger partial charge is 0.560 e. The van der Waals surface area contributed by atoms with Gasteiger partial charge in [0.25, 0.3) is 0 Å². The lowest BCUT2D eigenvalue weighted by Crippen LogP contribution is -2.53. The molecule has 0 saturated heterocycles. The highest BCUT2D eigenvalue weighted by Gasteiger charge is 2.55. The first-order chi connectivity index (χ1) is 8.74. The van der Waals surface area contributed by atoms with Gasteiger partial charge < -0.3 is 4.74 Å². The highest BCUT2D eigenvalue weighted by molar-refractivity contribution is 5.60. The number of hydrogen-bond acceptors (Lipinski definition) is 3. The summed E-state index contributed by atoms with van der Waals surface area (Å²) in [6.07, 6.45) is 3.77. The van der Waals surface area contributed by atoms with Gasteiger partial charge in [-0.1, -0.05) is 30.3 Å². The molecule has 0 spiro atoms. The standard InChI is InChI=1S/C14H18NO3/c15-18-13(16)17-14(11-4-2-1-3-5-11)9-10-6-7-12(14)8-10/h1-5,10,12H,6-9H2,15H3/q+1. The summed E-state index contributed by atoms with van der Waals surface area (Å²) in [6, 6.07) is 10.0. The van der Waals surface area contributed by atoms with Crippen molar-refractivity contribution in [2.45, 2.75) is 31.3 Å². The fraction of sp³-hybridized carbons (Fsp3) is 0.500. The number of ether oxygens (including phenoxy) is 1. The highest BCUT2D eigenvalue weighted by atomic mass is 16.8.